The molecule has 0 amide bonds. The van der Waals surface area contributed by atoms with Gasteiger partial charge < -0.3 is 5.11 Å². The van der Waals surface area contributed by atoms with Gasteiger partial charge >= 0.3 is 5.97 Å². The van der Waals surface area contributed by atoms with E-state index in [2.05, 4.69) is 0 Å². The topological polar surface area (TPSA) is 37.3 Å². The van der Waals surface area contributed by atoms with Crippen LogP contribution in [0.5, 0.6) is 0 Å². The Balaban J connectivity index is 2.47. The molecule has 0 atom stereocenters. The molecule has 0 heterocycles. The molecule has 92 valence electrons. The number of carboxylic acids is 1. The monoisotopic (exact) mass is 224 g/mol. The Bertz CT molecular complexity index is 233. The van der Waals surface area contributed by atoms with Crippen molar-refractivity contribution in [3.8, 4) is 0 Å². The molecule has 16 heavy (non-hydrogen) atoms. The van der Waals surface area contributed by atoms with Gasteiger partial charge in [0.25, 0.3) is 0 Å². The molecule has 0 unspecified atom stereocenters. The van der Waals surface area contributed by atoms with Crippen LogP contribution in [0.2, 0.25) is 0 Å². The first kappa shape index (κ1) is 13.3. The second-order valence-electron chi connectivity index (χ2n) is 4.97. The van der Waals surface area contributed by atoms with Gasteiger partial charge in [-0.15, -0.1) is 0 Å². The average molecular weight is 224 g/mol. The van der Waals surface area contributed by atoms with Gasteiger partial charge in [-0.25, -0.2) is 4.79 Å². The van der Waals surface area contributed by atoms with Gasteiger partial charge in [0, 0.05) is 5.57 Å². The molecule has 0 radical (unpaired) electrons. The third-order valence-corrected chi connectivity index (χ3v) is 3.47. The second kappa shape index (κ2) is 7.48. The minimum atomic E-state index is -0.767. The molecule has 1 saturated carbocycles. The molecular formula is C14H24O2. The van der Waals surface area contributed by atoms with E-state index in [4.69, 9.17) is 5.11 Å². The van der Waals surface area contributed by atoms with Crippen LogP contribution in [-0.2, 0) is 4.79 Å². The van der Waals surface area contributed by atoms with E-state index in [1.54, 1.807) is 6.92 Å². The molecule has 0 bridgehead atoms. The van der Waals surface area contributed by atoms with Crippen molar-refractivity contribution in [3.63, 3.8) is 0 Å². The van der Waals surface area contributed by atoms with Crippen LogP contribution in [0.1, 0.15) is 64.7 Å². The third-order valence-electron chi connectivity index (χ3n) is 3.47. The summed E-state index contributed by atoms with van der Waals surface area (Å²) in [5.74, 6) is -0.272. The molecule has 1 N–H and O–H groups in total. The standard InChI is InChI=1S/C14H24O2/c1-12(14(15)16)11-13-9-7-5-3-2-4-6-8-10-13/h11,13H,2-10H2,1H3,(H,15,16)/b12-11+. The summed E-state index contributed by atoms with van der Waals surface area (Å²) in [5, 5.41) is 8.87. The van der Waals surface area contributed by atoms with E-state index in [0.29, 0.717) is 11.5 Å². The van der Waals surface area contributed by atoms with E-state index in [0.717, 1.165) is 0 Å². The summed E-state index contributed by atoms with van der Waals surface area (Å²) in [6, 6.07) is 0. The van der Waals surface area contributed by atoms with Crippen molar-refractivity contribution >= 4 is 5.97 Å². The predicted molar refractivity (Wildman–Crippen MR) is 66.4 cm³/mol. The Morgan fingerprint density at radius 2 is 1.44 bits per heavy atom. The normalized spacial score (nSPS) is 21.7. The molecule has 0 aromatic heterocycles. The lowest BCUT2D eigenvalue weighted by molar-refractivity contribution is -0.132. The van der Waals surface area contributed by atoms with Crippen molar-refractivity contribution in [2.24, 2.45) is 5.92 Å². The van der Waals surface area contributed by atoms with E-state index >= 15 is 0 Å². The molecule has 0 aliphatic heterocycles. The zero-order valence-corrected chi connectivity index (χ0v) is 10.4. The minimum absolute atomic E-state index is 0.495. The minimum Gasteiger partial charge on any atom is -0.478 e. The summed E-state index contributed by atoms with van der Waals surface area (Å²) in [7, 11) is 0. The van der Waals surface area contributed by atoms with Gasteiger partial charge in [-0.2, -0.15) is 0 Å². The zero-order chi connectivity index (χ0) is 11.8. The summed E-state index contributed by atoms with van der Waals surface area (Å²) >= 11 is 0. The zero-order valence-electron chi connectivity index (χ0n) is 10.4. The first-order chi connectivity index (χ1) is 7.70. The quantitative estimate of drug-likeness (QED) is 0.715. The highest BCUT2D eigenvalue weighted by Crippen LogP contribution is 2.23. The number of allylic oxidation sites excluding steroid dienone is 1. The number of hydrogen-bond acceptors (Lipinski definition) is 1. The second-order valence-corrected chi connectivity index (χ2v) is 4.97. The van der Waals surface area contributed by atoms with Gasteiger partial charge in [-0.3, -0.25) is 0 Å². The van der Waals surface area contributed by atoms with Crippen molar-refractivity contribution < 1.29 is 9.90 Å². The molecule has 0 spiro atoms. The highest BCUT2D eigenvalue weighted by atomic mass is 16.4. The van der Waals surface area contributed by atoms with Crippen molar-refractivity contribution in [2.75, 3.05) is 0 Å². The molecule has 0 aromatic rings. The van der Waals surface area contributed by atoms with Crippen LogP contribution >= 0.6 is 0 Å². The fraction of sp³-hybridized carbons (Fsp3) is 0.786. The maximum atomic E-state index is 10.8. The van der Waals surface area contributed by atoms with Crippen molar-refractivity contribution in [1.29, 1.82) is 0 Å². The number of hydrogen-bond donors (Lipinski definition) is 1. The lowest BCUT2D eigenvalue weighted by Gasteiger charge is -2.15. The predicted octanol–water partition coefficient (Wildman–Crippen LogP) is 4.16. The Morgan fingerprint density at radius 3 is 1.88 bits per heavy atom. The van der Waals surface area contributed by atoms with Gasteiger partial charge in [0.05, 0.1) is 0 Å². The SMILES string of the molecule is C/C(=C\C1CCCCCCCCC1)C(=O)O. The third kappa shape index (κ3) is 5.34. The highest BCUT2D eigenvalue weighted by molar-refractivity contribution is 5.85. The average Bonchev–Trinajstić information content (AvgIpc) is 2.27. The molecule has 0 aromatic carbocycles. The summed E-state index contributed by atoms with van der Waals surface area (Å²) in [5.41, 5.74) is 0.516. The van der Waals surface area contributed by atoms with Crippen LogP contribution < -0.4 is 0 Å². The van der Waals surface area contributed by atoms with E-state index in [9.17, 15) is 4.79 Å². The lowest BCUT2D eigenvalue weighted by Crippen LogP contribution is -2.04. The van der Waals surface area contributed by atoms with Crippen molar-refractivity contribution in [1.82, 2.24) is 0 Å². The molecule has 2 nitrogen and oxygen atoms in total. The molecule has 1 rings (SSSR count). The Hall–Kier alpha value is -0.790. The molecule has 1 fully saturated rings. The van der Waals surface area contributed by atoms with E-state index in [-0.39, 0.29) is 0 Å². The maximum Gasteiger partial charge on any atom is 0.330 e. The van der Waals surface area contributed by atoms with E-state index < -0.39 is 5.97 Å². The van der Waals surface area contributed by atoms with E-state index in [1.807, 2.05) is 6.08 Å². The van der Waals surface area contributed by atoms with Gasteiger partial charge in [-0.1, -0.05) is 51.0 Å². The summed E-state index contributed by atoms with van der Waals surface area (Å²) in [6.45, 7) is 1.71. The Morgan fingerprint density at radius 1 is 1.00 bits per heavy atom. The summed E-state index contributed by atoms with van der Waals surface area (Å²) in [6.07, 6.45) is 13.6. The number of carboxylic acid groups (broad SMARTS) is 1. The van der Waals surface area contributed by atoms with Crippen LogP contribution in [0.15, 0.2) is 11.6 Å². The first-order valence-corrected chi connectivity index (χ1v) is 6.62. The summed E-state index contributed by atoms with van der Waals surface area (Å²) in [4.78, 5) is 10.8. The first-order valence-electron chi connectivity index (χ1n) is 6.62. The van der Waals surface area contributed by atoms with Gasteiger partial charge in [0.1, 0.15) is 0 Å². The van der Waals surface area contributed by atoms with Gasteiger partial charge in [-0.05, 0) is 25.7 Å². The van der Waals surface area contributed by atoms with E-state index in [1.165, 1.54) is 57.8 Å². The largest absolute Gasteiger partial charge is 0.478 e. The number of aliphatic carboxylic acids is 1. The fourth-order valence-corrected chi connectivity index (χ4v) is 2.43. The highest BCUT2D eigenvalue weighted by Gasteiger charge is 2.10. The Kier molecular flexibility index (Phi) is 6.20. The van der Waals surface area contributed by atoms with Gasteiger partial charge in [0.15, 0.2) is 0 Å². The molecule has 1 aliphatic carbocycles. The van der Waals surface area contributed by atoms with Crippen LogP contribution in [0.4, 0.5) is 0 Å². The number of carbonyl (C=O) groups is 1. The van der Waals surface area contributed by atoms with Crippen LogP contribution in [-0.4, -0.2) is 11.1 Å². The van der Waals surface area contributed by atoms with Gasteiger partial charge in [0.2, 0.25) is 0 Å². The smallest absolute Gasteiger partial charge is 0.330 e. The molecular weight excluding hydrogens is 200 g/mol. The Labute approximate surface area is 98.7 Å². The van der Waals surface area contributed by atoms with Crippen LogP contribution in [0.25, 0.3) is 0 Å². The number of rotatable bonds is 2. The lowest BCUT2D eigenvalue weighted by atomic mass is 9.91. The van der Waals surface area contributed by atoms with Crippen LogP contribution in [0, 0.1) is 5.92 Å². The van der Waals surface area contributed by atoms with Crippen molar-refractivity contribution in [3.05, 3.63) is 11.6 Å². The maximum absolute atomic E-state index is 10.8. The van der Waals surface area contributed by atoms with Crippen molar-refractivity contribution in [2.45, 2.75) is 64.7 Å². The fourth-order valence-electron chi connectivity index (χ4n) is 2.43. The van der Waals surface area contributed by atoms with Crippen LogP contribution in [0.3, 0.4) is 0 Å². The summed E-state index contributed by atoms with van der Waals surface area (Å²) < 4.78 is 0. The molecule has 0 saturated heterocycles. The molecule has 2 heteroatoms. The molecule has 1 aliphatic rings.